The molecule has 0 radical (unpaired) electrons. The molecule has 61 heavy (non-hydrogen) atoms. The number of thiazole rings is 2. The van der Waals surface area contributed by atoms with Gasteiger partial charge in [-0.3, -0.25) is 19.2 Å². The summed E-state index contributed by atoms with van der Waals surface area (Å²) in [5.41, 5.74) is 6.13. The van der Waals surface area contributed by atoms with Crippen molar-refractivity contribution in [2.75, 3.05) is 26.7 Å². The van der Waals surface area contributed by atoms with E-state index in [1.807, 2.05) is 61.1 Å². The number of carbonyl (C=O) groups is 4. The second-order valence-electron chi connectivity index (χ2n) is 17.8. The number of rotatable bonds is 13. The van der Waals surface area contributed by atoms with Crippen LogP contribution >= 0.6 is 52.9 Å². The topological polar surface area (TPSA) is 135 Å². The molecule has 2 fully saturated rings. The number of ketones is 2. The van der Waals surface area contributed by atoms with E-state index in [0.717, 1.165) is 52.7 Å². The molecule has 2 saturated carbocycles. The second kappa shape index (κ2) is 18.9. The van der Waals surface area contributed by atoms with E-state index >= 15 is 0 Å². The van der Waals surface area contributed by atoms with E-state index in [4.69, 9.17) is 0 Å². The van der Waals surface area contributed by atoms with Crippen LogP contribution in [-0.2, 0) is 44.7 Å². The first-order valence-electron chi connectivity index (χ1n) is 21.2. The Morgan fingerprint density at radius 2 is 1.23 bits per heavy atom. The SMILES string of the molecule is CCC(=O)Cc1nc(C)c(-c2cc3c(c(P(C)(C)=O)c2)C(=O)N([C@@H](C)C2CC2)C3)s1.CCC(=O)Cc1nc(C)cs1.C[C@@H](C1CC1)N1Cc2cc(Br)cc(P(C)(C)=O)c2C1=O. The number of benzene rings is 2. The molecular formula is C46H59BrN4O6P2S2. The minimum absolute atomic E-state index is 0.0186. The third-order valence-electron chi connectivity index (χ3n) is 12.0. The van der Waals surface area contributed by atoms with Gasteiger partial charge in [0.15, 0.2) is 0 Å². The minimum Gasteiger partial charge on any atom is -0.331 e. The van der Waals surface area contributed by atoms with Gasteiger partial charge < -0.3 is 18.9 Å². The van der Waals surface area contributed by atoms with Crippen molar-refractivity contribution < 1.29 is 28.3 Å². The summed E-state index contributed by atoms with van der Waals surface area (Å²) in [6.07, 6.45) is 6.77. The van der Waals surface area contributed by atoms with Gasteiger partial charge in [0.2, 0.25) is 0 Å². The number of Topliss-reactive ketones (excluding diaryl/α,β-unsaturated/α-hetero) is 2. The van der Waals surface area contributed by atoms with Crippen molar-refractivity contribution in [3.05, 3.63) is 77.8 Å². The average Bonchev–Trinajstić information content (AvgIpc) is 4.10. The van der Waals surface area contributed by atoms with Crippen LogP contribution in [0.25, 0.3) is 10.4 Å². The monoisotopic (exact) mass is 968 g/mol. The van der Waals surface area contributed by atoms with Gasteiger partial charge in [-0.1, -0.05) is 29.8 Å². The van der Waals surface area contributed by atoms with Crippen molar-refractivity contribution >= 4 is 86.9 Å². The number of carbonyl (C=O) groups excluding carboxylic acids is 4. The van der Waals surface area contributed by atoms with Crippen molar-refractivity contribution in [1.29, 1.82) is 0 Å². The Bertz CT molecular complexity index is 2460. The molecule has 2 atom stereocenters. The molecular weight excluding hydrogens is 911 g/mol. The zero-order chi connectivity index (χ0) is 44.7. The molecule has 2 aliphatic carbocycles. The maximum Gasteiger partial charge on any atom is 0.255 e. The second-order valence-corrected chi connectivity index (χ2v) is 27.1. The quantitative estimate of drug-likeness (QED) is 0.121. The standard InChI is InChI=1S/C23H29N2O3PS.C15H19BrNO2P.C8H11NOS/c1-6-18(26)11-20-24-13(2)22(30-20)16-9-17-12-25(14(3)15-7-8-15)23(27)21(17)19(10-16)29(4,5)28;1-9(10-4-5-10)17-8-11-6-12(16)7-13(20(2,3)19)14(11)15(17)18;1-3-7(10)4-8-9-6(2)5-11-8/h9-10,14-15H,6-8,11-12H2,1-5H3;6-7,9-10H,4-5,8H2,1-3H3;5H,3-4H2,1-2H3/t14-;9-;/m00./s1. The third kappa shape index (κ3) is 11.2. The van der Waals surface area contributed by atoms with Crippen molar-refractivity contribution in [1.82, 2.24) is 19.8 Å². The lowest BCUT2D eigenvalue weighted by atomic mass is 10.0. The zero-order valence-corrected chi connectivity index (χ0v) is 42.1. The molecule has 4 aromatic rings. The number of aryl methyl sites for hydroxylation is 2. The molecule has 10 nitrogen and oxygen atoms in total. The smallest absolute Gasteiger partial charge is 0.255 e. The highest BCUT2D eigenvalue weighted by atomic mass is 79.9. The molecule has 2 aromatic heterocycles. The molecule has 0 bridgehead atoms. The summed E-state index contributed by atoms with van der Waals surface area (Å²) in [7, 11) is -5.13. The van der Waals surface area contributed by atoms with Crippen LogP contribution in [0.3, 0.4) is 0 Å². The van der Waals surface area contributed by atoms with Crippen molar-refractivity contribution in [2.45, 2.75) is 118 Å². The van der Waals surface area contributed by atoms with E-state index in [9.17, 15) is 28.3 Å². The first-order valence-corrected chi connectivity index (χ1v) is 28.9. The van der Waals surface area contributed by atoms with Gasteiger partial charge in [-0.05, 0) is 133 Å². The Labute approximate surface area is 377 Å². The Balaban J connectivity index is 0.000000172. The van der Waals surface area contributed by atoms with Gasteiger partial charge in [0.05, 0.1) is 34.5 Å². The summed E-state index contributed by atoms with van der Waals surface area (Å²) >= 11 is 6.56. The lowest BCUT2D eigenvalue weighted by molar-refractivity contribution is -0.118. The summed E-state index contributed by atoms with van der Waals surface area (Å²) < 4.78 is 26.6. The number of fused-ring (bicyclic) bond motifs is 2. The summed E-state index contributed by atoms with van der Waals surface area (Å²) in [5, 5.41) is 5.11. The van der Waals surface area contributed by atoms with Gasteiger partial charge in [-0.15, -0.1) is 22.7 Å². The fourth-order valence-corrected chi connectivity index (χ4v) is 13.1. The van der Waals surface area contributed by atoms with Gasteiger partial charge in [0.25, 0.3) is 11.8 Å². The third-order valence-corrected chi connectivity index (χ3v) is 17.7. The number of amides is 2. The number of halogens is 1. The maximum absolute atomic E-state index is 13.3. The van der Waals surface area contributed by atoms with E-state index in [1.165, 1.54) is 37.0 Å². The highest BCUT2D eigenvalue weighted by Crippen LogP contribution is 2.45. The largest absolute Gasteiger partial charge is 0.331 e. The van der Waals surface area contributed by atoms with E-state index < -0.39 is 14.3 Å². The van der Waals surface area contributed by atoms with Gasteiger partial charge in [-0.2, -0.15) is 0 Å². The molecule has 15 heteroatoms. The van der Waals surface area contributed by atoms with Crippen LogP contribution in [-0.4, -0.2) is 81.9 Å². The summed E-state index contributed by atoms with van der Waals surface area (Å²) in [6.45, 7) is 20.0. The van der Waals surface area contributed by atoms with Crippen LogP contribution in [0, 0.1) is 25.7 Å². The molecule has 0 N–H and O–H groups in total. The van der Waals surface area contributed by atoms with Crippen LogP contribution in [0.4, 0.5) is 0 Å². The Morgan fingerprint density at radius 1 is 0.754 bits per heavy atom. The fraction of sp³-hybridized carbons (Fsp3) is 0.522. The highest BCUT2D eigenvalue weighted by Gasteiger charge is 2.42. The number of aromatic nitrogens is 2. The predicted molar refractivity (Wildman–Crippen MR) is 254 cm³/mol. The van der Waals surface area contributed by atoms with Crippen LogP contribution in [0.5, 0.6) is 0 Å². The summed E-state index contributed by atoms with van der Waals surface area (Å²) in [5.74, 6) is 1.75. The Morgan fingerprint density at radius 3 is 1.67 bits per heavy atom. The fourth-order valence-electron chi connectivity index (χ4n) is 8.05. The molecule has 2 aliphatic heterocycles. The van der Waals surface area contributed by atoms with E-state index in [1.54, 1.807) is 38.0 Å². The van der Waals surface area contributed by atoms with Gasteiger partial charge >= 0.3 is 0 Å². The number of nitrogens with zero attached hydrogens (tertiary/aromatic N) is 4. The zero-order valence-electron chi connectivity index (χ0n) is 37.1. The first-order chi connectivity index (χ1) is 28.6. The maximum atomic E-state index is 13.3. The predicted octanol–water partition coefficient (Wildman–Crippen LogP) is 10.1. The van der Waals surface area contributed by atoms with Crippen LogP contribution < -0.4 is 10.6 Å². The first kappa shape index (κ1) is 47.4. The van der Waals surface area contributed by atoms with Gasteiger partial charge in [-0.25, -0.2) is 9.97 Å². The molecule has 328 valence electrons. The normalized spacial score (nSPS) is 17.0. The van der Waals surface area contributed by atoms with E-state index in [0.29, 0.717) is 67.0 Å². The Hall–Kier alpha value is -3.08. The summed E-state index contributed by atoms with van der Waals surface area (Å²) in [6, 6.07) is 8.34. The lowest BCUT2D eigenvalue weighted by Gasteiger charge is -2.24. The molecule has 0 saturated heterocycles. The molecule has 8 rings (SSSR count). The highest BCUT2D eigenvalue weighted by molar-refractivity contribution is 9.10. The van der Waals surface area contributed by atoms with Gasteiger partial charge in [0.1, 0.15) is 35.9 Å². The molecule has 2 amide bonds. The van der Waals surface area contributed by atoms with Crippen LogP contribution in [0.1, 0.15) is 119 Å². The van der Waals surface area contributed by atoms with Crippen molar-refractivity contribution in [2.24, 2.45) is 11.8 Å². The molecule has 2 aromatic carbocycles. The summed E-state index contributed by atoms with van der Waals surface area (Å²) in [4.78, 5) is 62.5. The average molecular weight is 970 g/mol. The molecule has 0 spiro atoms. The Kier molecular flexibility index (Phi) is 14.7. The van der Waals surface area contributed by atoms with E-state index in [-0.39, 0.29) is 35.5 Å². The lowest BCUT2D eigenvalue weighted by Crippen LogP contribution is -2.35. The van der Waals surface area contributed by atoms with Gasteiger partial charge in [0, 0.05) is 64.2 Å². The number of hydrogen-bond acceptors (Lipinski definition) is 10. The minimum atomic E-state index is -2.66. The van der Waals surface area contributed by atoms with Crippen molar-refractivity contribution in [3.63, 3.8) is 0 Å². The van der Waals surface area contributed by atoms with Crippen LogP contribution in [0.2, 0.25) is 0 Å². The molecule has 4 heterocycles. The van der Waals surface area contributed by atoms with Crippen molar-refractivity contribution in [3.8, 4) is 10.4 Å². The number of hydrogen-bond donors (Lipinski definition) is 0. The molecule has 4 aliphatic rings. The molecule has 0 unspecified atom stereocenters. The van der Waals surface area contributed by atoms with Crippen LogP contribution in [0.15, 0.2) is 34.1 Å². The van der Waals surface area contributed by atoms with E-state index in [2.05, 4.69) is 45.8 Å².